The molecule has 1 fully saturated rings. The molecule has 30 heavy (non-hydrogen) atoms. The van der Waals surface area contributed by atoms with Crippen LogP contribution in [0.25, 0.3) is 16.9 Å². The zero-order chi connectivity index (χ0) is 21.4. The van der Waals surface area contributed by atoms with Crippen LogP contribution >= 0.6 is 0 Å². The number of pyridine rings is 1. The van der Waals surface area contributed by atoms with Gasteiger partial charge in [0, 0.05) is 23.4 Å². The molecule has 0 radical (unpaired) electrons. The van der Waals surface area contributed by atoms with Crippen molar-refractivity contribution >= 4 is 17.3 Å². The number of halogens is 2. The molecule has 0 atom stereocenters. The van der Waals surface area contributed by atoms with Gasteiger partial charge in [0.25, 0.3) is 5.91 Å². The Labute approximate surface area is 170 Å². The number of ether oxygens (including phenoxy) is 2. The molecular formula is C21H19F2N3O4. The average molecular weight is 415 g/mol. The van der Waals surface area contributed by atoms with Gasteiger partial charge in [0.05, 0.1) is 19.0 Å². The number of ketones is 1. The molecule has 1 aliphatic carbocycles. The summed E-state index contributed by atoms with van der Waals surface area (Å²) < 4.78 is 37.9. The van der Waals surface area contributed by atoms with Crippen LogP contribution in [0.3, 0.4) is 0 Å². The second-order valence-corrected chi connectivity index (χ2v) is 7.02. The van der Waals surface area contributed by atoms with E-state index in [0.29, 0.717) is 22.5 Å². The number of rotatable bonds is 7. The zero-order valence-electron chi connectivity index (χ0n) is 16.3. The van der Waals surface area contributed by atoms with E-state index in [1.54, 1.807) is 35.0 Å². The van der Waals surface area contributed by atoms with Crippen LogP contribution in [0.2, 0.25) is 0 Å². The molecule has 1 aromatic carbocycles. The second kappa shape index (κ2) is 7.74. The third kappa shape index (κ3) is 3.83. The molecule has 2 aromatic heterocycles. The first kappa shape index (κ1) is 19.8. The van der Waals surface area contributed by atoms with Crippen LogP contribution in [0.1, 0.15) is 40.5 Å². The molecule has 2 heterocycles. The summed E-state index contributed by atoms with van der Waals surface area (Å²) in [5.74, 6) is -0.799. The van der Waals surface area contributed by atoms with Gasteiger partial charge in [0.1, 0.15) is 22.7 Å². The van der Waals surface area contributed by atoms with Gasteiger partial charge in [0.15, 0.2) is 5.78 Å². The number of alkyl halides is 2. The Morgan fingerprint density at radius 1 is 1.23 bits per heavy atom. The van der Waals surface area contributed by atoms with Crippen LogP contribution in [0.15, 0.2) is 36.7 Å². The summed E-state index contributed by atoms with van der Waals surface area (Å²) in [7, 11) is 1.35. The number of aromatic nitrogens is 2. The Bertz CT molecular complexity index is 1140. The molecule has 1 amide bonds. The van der Waals surface area contributed by atoms with Crippen molar-refractivity contribution < 1.29 is 27.8 Å². The molecule has 1 aliphatic rings. The van der Waals surface area contributed by atoms with Crippen LogP contribution in [-0.2, 0) is 0 Å². The van der Waals surface area contributed by atoms with Crippen molar-refractivity contribution in [2.45, 2.75) is 32.4 Å². The summed E-state index contributed by atoms with van der Waals surface area (Å²) in [6.07, 6.45) is 4.91. The van der Waals surface area contributed by atoms with Crippen molar-refractivity contribution in [2.75, 3.05) is 7.11 Å². The maximum atomic E-state index is 13.1. The lowest BCUT2D eigenvalue weighted by molar-refractivity contribution is -0.0502. The highest BCUT2D eigenvalue weighted by Crippen LogP contribution is 2.37. The lowest BCUT2D eigenvalue weighted by Gasteiger charge is -2.16. The largest absolute Gasteiger partial charge is 0.496 e. The summed E-state index contributed by atoms with van der Waals surface area (Å²) in [4.78, 5) is 28.5. The fourth-order valence-corrected chi connectivity index (χ4v) is 3.21. The van der Waals surface area contributed by atoms with Crippen molar-refractivity contribution in [2.24, 2.45) is 0 Å². The first-order valence-corrected chi connectivity index (χ1v) is 9.33. The van der Waals surface area contributed by atoms with Crippen LogP contribution in [0.5, 0.6) is 11.5 Å². The predicted molar refractivity (Wildman–Crippen MR) is 104 cm³/mol. The molecule has 0 aliphatic heterocycles. The summed E-state index contributed by atoms with van der Waals surface area (Å²) in [5.41, 5.74) is 1.97. The smallest absolute Gasteiger partial charge is 0.387 e. The quantitative estimate of drug-likeness (QED) is 0.595. The van der Waals surface area contributed by atoms with Gasteiger partial charge in [0.2, 0.25) is 0 Å². The number of hydrogen-bond donors (Lipinski definition) is 1. The summed E-state index contributed by atoms with van der Waals surface area (Å²) in [6.45, 7) is -1.65. The molecule has 0 spiro atoms. The van der Waals surface area contributed by atoms with Gasteiger partial charge in [-0.3, -0.25) is 14.0 Å². The standard InChI is InChI=1S/C21H19F2N3O4/c1-11(27)12-5-6-26-15(10-24-18(26)9-12)13-7-16(29-2)19(17(8-13)30-21(22)23)20(28)25-14-3-4-14/h5-10,14,21H,3-4H2,1-2H3,(H,25,28). The van der Waals surface area contributed by atoms with E-state index in [4.69, 9.17) is 4.74 Å². The summed E-state index contributed by atoms with van der Waals surface area (Å²) >= 11 is 0. The van der Waals surface area contributed by atoms with Crippen LogP contribution < -0.4 is 14.8 Å². The SMILES string of the molecule is COc1cc(-c2cnc3cc(C(C)=O)ccn23)cc(OC(F)F)c1C(=O)NC1CC1. The Kier molecular flexibility index (Phi) is 5.11. The van der Waals surface area contributed by atoms with E-state index in [1.165, 1.54) is 20.1 Å². The van der Waals surface area contributed by atoms with Gasteiger partial charge in [-0.25, -0.2) is 4.98 Å². The van der Waals surface area contributed by atoms with Crippen molar-refractivity contribution in [1.82, 2.24) is 14.7 Å². The second-order valence-electron chi connectivity index (χ2n) is 7.02. The van der Waals surface area contributed by atoms with E-state index in [2.05, 4.69) is 15.0 Å². The highest BCUT2D eigenvalue weighted by Gasteiger charge is 2.29. The highest BCUT2D eigenvalue weighted by molar-refractivity contribution is 6.01. The molecule has 7 nitrogen and oxygen atoms in total. The number of amides is 1. The van der Waals surface area contributed by atoms with Gasteiger partial charge >= 0.3 is 6.61 Å². The van der Waals surface area contributed by atoms with E-state index in [0.717, 1.165) is 12.8 Å². The number of hydrogen-bond acceptors (Lipinski definition) is 5. The Hall–Kier alpha value is -3.49. The third-order valence-electron chi connectivity index (χ3n) is 4.86. The maximum Gasteiger partial charge on any atom is 0.387 e. The molecule has 1 N–H and O–H groups in total. The first-order valence-electron chi connectivity index (χ1n) is 9.33. The summed E-state index contributed by atoms with van der Waals surface area (Å²) in [6, 6.07) is 6.25. The number of imidazole rings is 1. The monoisotopic (exact) mass is 415 g/mol. The van der Waals surface area contributed by atoms with Crippen molar-refractivity contribution in [3.63, 3.8) is 0 Å². The van der Waals surface area contributed by atoms with Gasteiger partial charge < -0.3 is 14.8 Å². The molecule has 4 rings (SSSR count). The van der Waals surface area contributed by atoms with E-state index in [-0.39, 0.29) is 28.9 Å². The molecule has 0 unspecified atom stereocenters. The number of nitrogens with one attached hydrogen (secondary N) is 1. The zero-order valence-corrected chi connectivity index (χ0v) is 16.3. The van der Waals surface area contributed by atoms with Crippen molar-refractivity contribution in [3.8, 4) is 22.8 Å². The third-order valence-corrected chi connectivity index (χ3v) is 4.86. The Morgan fingerprint density at radius 3 is 2.60 bits per heavy atom. The number of benzene rings is 1. The molecule has 0 bridgehead atoms. The molecule has 156 valence electrons. The van der Waals surface area contributed by atoms with Gasteiger partial charge in [-0.1, -0.05) is 0 Å². The lowest BCUT2D eigenvalue weighted by Crippen LogP contribution is -2.26. The minimum Gasteiger partial charge on any atom is -0.496 e. The number of nitrogens with zero attached hydrogens (tertiary/aromatic N) is 2. The number of Topliss-reactive ketones (excluding diaryl/α,β-unsaturated/α-hetero) is 1. The molecular weight excluding hydrogens is 396 g/mol. The number of carbonyl (C=O) groups excluding carboxylic acids is 2. The van der Waals surface area contributed by atoms with Crippen molar-refractivity contribution in [3.05, 3.63) is 47.8 Å². The predicted octanol–water partition coefficient (Wildman–Crippen LogP) is 3.71. The van der Waals surface area contributed by atoms with E-state index in [9.17, 15) is 18.4 Å². The lowest BCUT2D eigenvalue weighted by atomic mass is 10.1. The number of carbonyl (C=O) groups is 2. The van der Waals surface area contributed by atoms with E-state index >= 15 is 0 Å². The van der Waals surface area contributed by atoms with E-state index in [1.807, 2.05) is 0 Å². The van der Waals surface area contributed by atoms with Crippen LogP contribution in [-0.4, -0.2) is 40.8 Å². The maximum absolute atomic E-state index is 13.1. The fraction of sp³-hybridized carbons (Fsp3) is 0.286. The average Bonchev–Trinajstić information content (AvgIpc) is 3.41. The van der Waals surface area contributed by atoms with Gasteiger partial charge in [-0.2, -0.15) is 8.78 Å². The number of fused-ring (bicyclic) bond motifs is 1. The molecule has 0 saturated heterocycles. The van der Waals surface area contributed by atoms with Gasteiger partial charge in [-0.15, -0.1) is 0 Å². The van der Waals surface area contributed by atoms with Crippen molar-refractivity contribution in [1.29, 1.82) is 0 Å². The Morgan fingerprint density at radius 2 is 1.97 bits per heavy atom. The van der Waals surface area contributed by atoms with Gasteiger partial charge in [-0.05, 0) is 44.0 Å². The summed E-state index contributed by atoms with van der Waals surface area (Å²) in [5, 5.41) is 2.77. The number of methoxy groups -OCH3 is 1. The topological polar surface area (TPSA) is 81.9 Å². The van der Waals surface area contributed by atoms with Crippen LogP contribution in [0.4, 0.5) is 8.78 Å². The molecule has 1 saturated carbocycles. The normalized spacial score (nSPS) is 13.5. The fourth-order valence-electron chi connectivity index (χ4n) is 3.21. The minimum absolute atomic E-state index is 0.0375. The Balaban J connectivity index is 1.83. The first-order chi connectivity index (χ1) is 14.4. The highest BCUT2D eigenvalue weighted by atomic mass is 19.3. The van der Waals surface area contributed by atoms with E-state index < -0.39 is 12.5 Å². The molecule has 3 aromatic rings. The minimum atomic E-state index is -3.11. The molecule has 9 heteroatoms. The van der Waals surface area contributed by atoms with Crippen LogP contribution in [0, 0.1) is 0 Å².